The Morgan fingerprint density at radius 2 is 1.64 bits per heavy atom. The van der Waals surface area contributed by atoms with Crippen molar-refractivity contribution in [2.24, 2.45) is 17.8 Å². The Kier molecular flexibility index (Phi) is 13.8. The number of hydrogen-bond acceptors (Lipinski definition) is 9. The Morgan fingerprint density at radius 3 is 2.18 bits per heavy atom. The highest BCUT2D eigenvalue weighted by molar-refractivity contribution is 5.96. The van der Waals surface area contributed by atoms with Crippen LogP contribution >= 0.6 is 0 Å². The van der Waals surface area contributed by atoms with Crippen molar-refractivity contribution in [2.75, 3.05) is 27.4 Å². The van der Waals surface area contributed by atoms with E-state index in [1.54, 1.807) is 62.7 Å². The molecule has 1 heterocycles. The number of ether oxygens (including phenoxy) is 6. The molecule has 1 aromatic rings. The number of nitrogens with zero attached hydrogens (tertiary/aromatic N) is 1. The standard InChI is InChI=1S/C35H55NO9/c1-22(2)25(18-24-14-15-28(41-12)30(19-24)42-17-13-16-40-11)20-27-29(43-33(39)45-35(8,9)10)21-26(23(3)4)31(37)36(27)32(38)44-34(5,6)7/h14-15,19,22,25-27,29H,3,13,16-18,20-21H2,1-2,4-12H3/t25-,26?,27-,29-/m0/s1. The van der Waals surface area contributed by atoms with Gasteiger partial charge in [0.15, 0.2) is 11.5 Å². The zero-order valence-corrected chi connectivity index (χ0v) is 29.2. The molecule has 0 spiro atoms. The van der Waals surface area contributed by atoms with E-state index in [1.165, 1.54) is 0 Å². The summed E-state index contributed by atoms with van der Waals surface area (Å²) in [6.45, 7) is 21.5. The van der Waals surface area contributed by atoms with Gasteiger partial charge in [0.25, 0.3) is 0 Å². The van der Waals surface area contributed by atoms with Gasteiger partial charge in [0.05, 0.1) is 25.7 Å². The third kappa shape index (κ3) is 11.9. The van der Waals surface area contributed by atoms with E-state index in [2.05, 4.69) is 20.4 Å². The number of carbonyl (C=O) groups excluding carboxylic acids is 3. The zero-order chi connectivity index (χ0) is 34.1. The Labute approximate surface area is 269 Å². The quantitative estimate of drug-likeness (QED) is 0.125. The Hall–Kier alpha value is -3.27. The van der Waals surface area contributed by atoms with Crippen LogP contribution in [0.3, 0.4) is 0 Å². The maximum absolute atomic E-state index is 13.9. The summed E-state index contributed by atoms with van der Waals surface area (Å²) in [6.07, 6.45) is -0.559. The number of carbonyl (C=O) groups is 3. The molecule has 1 aliphatic heterocycles. The van der Waals surface area contributed by atoms with Crippen LogP contribution in [0.1, 0.15) is 87.1 Å². The fourth-order valence-electron chi connectivity index (χ4n) is 5.27. The van der Waals surface area contributed by atoms with E-state index in [9.17, 15) is 14.4 Å². The second-order valence-electron chi connectivity index (χ2n) is 14.1. The van der Waals surface area contributed by atoms with E-state index in [0.717, 1.165) is 16.9 Å². The van der Waals surface area contributed by atoms with Crippen molar-refractivity contribution in [3.05, 3.63) is 35.9 Å². The molecule has 10 heteroatoms. The molecule has 1 aliphatic rings. The van der Waals surface area contributed by atoms with Gasteiger partial charge in [-0.2, -0.15) is 0 Å². The minimum Gasteiger partial charge on any atom is -0.493 e. The molecule has 0 bridgehead atoms. The van der Waals surface area contributed by atoms with Crippen LogP contribution in [0.5, 0.6) is 11.5 Å². The second kappa shape index (κ2) is 16.3. The average molecular weight is 634 g/mol. The van der Waals surface area contributed by atoms with Gasteiger partial charge in [0.1, 0.15) is 17.3 Å². The van der Waals surface area contributed by atoms with Gasteiger partial charge >= 0.3 is 12.2 Å². The number of rotatable bonds is 13. The highest BCUT2D eigenvalue weighted by atomic mass is 16.7. The average Bonchev–Trinajstić information content (AvgIpc) is 2.89. The SMILES string of the molecule is C=C(C)C1C[C@H](OC(=O)OC(C)(C)C)[C@H](C[C@H](Cc2ccc(OC)c(OCCCOC)c2)C(C)C)N(C(=O)OC(C)(C)C)C1=O. The molecule has 45 heavy (non-hydrogen) atoms. The summed E-state index contributed by atoms with van der Waals surface area (Å²) in [5.41, 5.74) is -0.0544. The fourth-order valence-corrected chi connectivity index (χ4v) is 5.27. The lowest BCUT2D eigenvalue weighted by atomic mass is 9.78. The molecule has 1 aromatic carbocycles. The first-order chi connectivity index (χ1) is 20.9. The number of hydrogen-bond donors (Lipinski definition) is 0. The van der Waals surface area contributed by atoms with E-state index < -0.39 is 47.4 Å². The maximum Gasteiger partial charge on any atom is 0.509 e. The van der Waals surface area contributed by atoms with E-state index >= 15 is 0 Å². The maximum atomic E-state index is 13.9. The minimum absolute atomic E-state index is 0.0198. The largest absolute Gasteiger partial charge is 0.509 e. The van der Waals surface area contributed by atoms with Crippen LogP contribution in [-0.2, 0) is 30.2 Å². The van der Waals surface area contributed by atoms with Crippen LogP contribution in [0, 0.1) is 17.8 Å². The normalized spacial score (nSPS) is 19.6. The molecule has 1 fully saturated rings. The lowest BCUT2D eigenvalue weighted by molar-refractivity contribution is -0.148. The molecule has 2 amide bonds. The molecule has 2 rings (SSSR count). The Balaban J connectivity index is 2.50. The van der Waals surface area contributed by atoms with Gasteiger partial charge in [-0.1, -0.05) is 32.1 Å². The third-order valence-corrected chi connectivity index (χ3v) is 7.55. The molecule has 0 aromatic heterocycles. The first-order valence-corrected chi connectivity index (χ1v) is 15.8. The number of imide groups is 1. The van der Waals surface area contributed by atoms with Gasteiger partial charge in [-0.3, -0.25) is 4.79 Å². The van der Waals surface area contributed by atoms with Crippen molar-refractivity contribution in [3.63, 3.8) is 0 Å². The smallest absolute Gasteiger partial charge is 0.493 e. The molecule has 0 aliphatic carbocycles. The molecular weight excluding hydrogens is 578 g/mol. The summed E-state index contributed by atoms with van der Waals surface area (Å²) in [6, 6.07) is 5.04. The first kappa shape index (κ1) is 37.9. The van der Waals surface area contributed by atoms with Gasteiger partial charge in [-0.25, -0.2) is 14.5 Å². The molecule has 254 valence electrons. The first-order valence-electron chi connectivity index (χ1n) is 15.8. The molecule has 4 atom stereocenters. The van der Waals surface area contributed by atoms with Crippen LogP contribution in [0.15, 0.2) is 30.4 Å². The van der Waals surface area contributed by atoms with Crippen LogP contribution in [-0.4, -0.2) is 73.8 Å². The summed E-state index contributed by atoms with van der Waals surface area (Å²) in [5.74, 6) is 0.251. The van der Waals surface area contributed by atoms with Crippen molar-refractivity contribution in [2.45, 2.75) is 111 Å². The van der Waals surface area contributed by atoms with Crippen LogP contribution in [0.2, 0.25) is 0 Å². The summed E-state index contributed by atoms with van der Waals surface area (Å²) in [4.78, 5) is 41.7. The van der Waals surface area contributed by atoms with E-state index in [-0.39, 0.29) is 18.3 Å². The Bertz CT molecular complexity index is 1160. The van der Waals surface area contributed by atoms with Crippen LogP contribution in [0.25, 0.3) is 0 Å². The number of piperidine rings is 1. The van der Waals surface area contributed by atoms with Crippen molar-refractivity contribution >= 4 is 18.2 Å². The molecular formula is C35H55NO9. The van der Waals surface area contributed by atoms with Crippen LogP contribution in [0.4, 0.5) is 9.59 Å². The van der Waals surface area contributed by atoms with Crippen molar-refractivity contribution < 1.29 is 42.8 Å². The van der Waals surface area contributed by atoms with Crippen LogP contribution < -0.4 is 9.47 Å². The van der Waals surface area contributed by atoms with Gasteiger partial charge in [-0.15, -0.1) is 0 Å². The van der Waals surface area contributed by atoms with E-state index in [1.807, 2.05) is 18.2 Å². The molecule has 0 radical (unpaired) electrons. The number of methoxy groups -OCH3 is 2. The third-order valence-electron chi connectivity index (χ3n) is 7.55. The summed E-state index contributed by atoms with van der Waals surface area (Å²) >= 11 is 0. The number of likely N-dealkylation sites (tertiary alicyclic amines) is 1. The molecule has 10 nitrogen and oxygen atoms in total. The van der Waals surface area contributed by atoms with Gasteiger partial charge < -0.3 is 28.4 Å². The lowest BCUT2D eigenvalue weighted by Gasteiger charge is -2.44. The van der Waals surface area contributed by atoms with E-state index in [4.69, 9.17) is 28.4 Å². The van der Waals surface area contributed by atoms with Crippen molar-refractivity contribution in [1.29, 1.82) is 0 Å². The van der Waals surface area contributed by atoms with Crippen molar-refractivity contribution in [1.82, 2.24) is 4.90 Å². The highest BCUT2D eigenvalue weighted by Gasteiger charge is 2.49. The zero-order valence-electron chi connectivity index (χ0n) is 29.2. The predicted octanol–water partition coefficient (Wildman–Crippen LogP) is 7.36. The molecule has 0 saturated carbocycles. The molecule has 1 saturated heterocycles. The fraction of sp³-hybridized carbons (Fsp3) is 0.686. The monoisotopic (exact) mass is 633 g/mol. The highest BCUT2D eigenvalue weighted by Crippen LogP contribution is 2.37. The van der Waals surface area contributed by atoms with Gasteiger partial charge in [-0.05, 0) is 90.8 Å². The number of amides is 2. The predicted molar refractivity (Wildman–Crippen MR) is 173 cm³/mol. The lowest BCUT2D eigenvalue weighted by Crippen LogP contribution is -2.60. The van der Waals surface area contributed by atoms with E-state index in [0.29, 0.717) is 43.1 Å². The Morgan fingerprint density at radius 1 is 1.00 bits per heavy atom. The second-order valence-corrected chi connectivity index (χ2v) is 14.1. The summed E-state index contributed by atoms with van der Waals surface area (Å²) in [7, 11) is 3.25. The summed E-state index contributed by atoms with van der Waals surface area (Å²) in [5, 5.41) is 0. The van der Waals surface area contributed by atoms with Gasteiger partial charge in [0, 0.05) is 26.6 Å². The molecule has 1 unspecified atom stereocenters. The molecule has 0 N–H and O–H groups in total. The van der Waals surface area contributed by atoms with Gasteiger partial charge in [0.2, 0.25) is 5.91 Å². The minimum atomic E-state index is -0.858. The topological polar surface area (TPSA) is 110 Å². The summed E-state index contributed by atoms with van der Waals surface area (Å²) < 4.78 is 33.8. The number of benzene rings is 1. The van der Waals surface area contributed by atoms with Crippen molar-refractivity contribution in [3.8, 4) is 11.5 Å².